The van der Waals surface area contributed by atoms with Crippen LogP contribution < -0.4 is 0 Å². The lowest BCUT2D eigenvalue weighted by atomic mass is 10.0. The molecule has 0 spiro atoms. The number of fused-ring (bicyclic) bond motifs is 13. The van der Waals surface area contributed by atoms with Crippen LogP contribution in [0.5, 0.6) is 0 Å². The van der Waals surface area contributed by atoms with Crippen LogP contribution in [0.25, 0.3) is 98.8 Å². The first-order valence-corrected chi connectivity index (χ1v) is 15.7. The van der Waals surface area contributed by atoms with Crippen molar-refractivity contribution in [3.63, 3.8) is 0 Å². The normalized spacial score (nSPS) is 12.3. The molecule has 46 heavy (non-hydrogen) atoms. The number of hydrogen-bond donors (Lipinski definition) is 0. The molecule has 212 valence electrons. The molecule has 0 aliphatic carbocycles. The van der Waals surface area contributed by atoms with E-state index in [0.717, 1.165) is 39.1 Å². The van der Waals surface area contributed by atoms with E-state index in [-0.39, 0.29) is 0 Å². The molecule has 0 saturated carbocycles. The van der Waals surface area contributed by atoms with E-state index in [0.29, 0.717) is 0 Å². The van der Waals surface area contributed by atoms with Gasteiger partial charge >= 0.3 is 0 Å². The van der Waals surface area contributed by atoms with Gasteiger partial charge in [-0.2, -0.15) is 0 Å². The minimum Gasteiger partial charge on any atom is -0.308 e. The number of nitrogens with zero attached hydrogens (tertiary/aromatic N) is 4. The third-order valence-electron chi connectivity index (χ3n) is 9.83. The molecule has 0 fully saturated rings. The van der Waals surface area contributed by atoms with Crippen LogP contribution in [0.1, 0.15) is 0 Å². The highest BCUT2D eigenvalue weighted by Gasteiger charge is 2.24. The van der Waals surface area contributed by atoms with Crippen molar-refractivity contribution in [3.8, 4) is 17.2 Å². The number of benzene rings is 7. The van der Waals surface area contributed by atoms with Crippen molar-refractivity contribution in [2.75, 3.05) is 0 Å². The van der Waals surface area contributed by atoms with Gasteiger partial charge in [-0.05, 0) is 35.7 Å². The summed E-state index contributed by atoms with van der Waals surface area (Å²) in [5.74, 6) is 1.61. The summed E-state index contributed by atoms with van der Waals surface area (Å²) in [7, 11) is 0. The SMILES string of the molecule is c1ccc(-c2nc(-n3c4ccc5c(c6cccc7c8ccccc8n5c76)c4c4ccc5ccccc5c43)c3ccccc3n2)cc1. The zero-order chi connectivity index (χ0) is 29.9. The van der Waals surface area contributed by atoms with Crippen LogP contribution in [0.15, 0.2) is 146 Å². The molecule has 0 amide bonds. The quantitative estimate of drug-likeness (QED) is 0.203. The van der Waals surface area contributed by atoms with Gasteiger partial charge in [0.15, 0.2) is 5.82 Å². The molecule has 0 aliphatic rings. The number of rotatable bonds is 2. The van der Waals surface area contributed by atoms with E-state index in [1.54, 1.807) is 0 Å². The average molecular weight is 585 g/mol. The van der Waals surface area contributed by atoms with Crippen molar-refractivity contribution in [1.82, 2.24) is 18.9 Å². The topological polar surface area (TPSA) is 35.1 Å². The second-order valence-corrected chi connectivity index (χ2v) is 12.2. The van der Waals surface area contributed by atoms with E-state index < -0.39 is 0 Å². The summed E-state index contributed by atoms with van der Waals surface area (Å²) in [6.07, 6.45) is 0. The van der Waals surface area contributed by atoms with Gasteiger partial charge in [-0.15, -0.1) is 0 Å². The van der Waals surface area contributed by atoms with Crippen LogP contribution in [0, 0.1) is 0 Å². The Morgan fingerprint density at radius 2 is 1.07 bits per heavy atom. The van der Waals surface area contributed by atoms with Gasteiger partial charge in [0.1, 0.15) is 5.82 Å². The van der Waals surface area contributed by atoms with Crippen LogP contribution in [0.2, 0.25) is 0 Å². The van der Waals surface area contributed by atoms with Gasteiger partial charge in [-0.25, -0.2) is 9.97 Å². The number of aromatic nitrogens is 4. The molecule has 0 atom stereocenters. The zero-order valence-electron chi connectivity index (χ0n) is 24.6. The monoisotopic (exact) mass is 584 g/mol. The summed E-state index contributed by atoms with van der Waals surface area (Å²) < 4.78 is 4.86. The maximum Gasteiger partial charge on any atom is 0.162 e. The fourth-order valence-electron chi connectivity index (χ4n) is 7.95. The highest BCUT2D eigenvalue weighted by molar-refractivity contribution is 6.34. The molecule has 11 aromatic rings. The smallest absolute Gasteiger partial charge is 0.162 e. The van der Waals surface area contributed by atoms with E-state index in [1.807, 2.05) is 18.2 Å². The largest absolute Gasteiger partial charge is 0.308 e. The zero-order valence-corrected chi connectivity index (χ0v) is 24.6. The molecule has 0 saturated heterocycles. The molecule has 4 heterocycles. The van der Waals surface area contributed by atoms with Gasteiger partial charge in [0.25, 0.3) is 0 Å². The summed E-state index contributed by atoms with van der Waals surface area (Å²) in [5.41, 5.74) is 7.98. The molecule has 4 heteroatoms. The van der Waals surface area contributed by atoms with Crippen LogP contribution in [-0.4, -0.2) is 18.9 Å². The maximum atomic E-state index is 5.37. The summed E-state index contributed by atoms with van der Waals surface area (Å²) in [6.45, 7) is 0. The Morgan fingerprint density at radius 3 is 1.98 bits per heavy atom. The van der Waals surface area contributed by atoms with E-state index in [4.69, 9.17) is 9.97 Å². The van der Waals surface area contributed by atoms with E-state index in [2.05, 4.69) is 136 Å². The fraction of sp³-hybridized carbons (Fsp3) is 0. The molecule has 0 N–H and O–H groups in total. The molecule has 0 bridgehead atoms. The van der Waals surface area contributed by atoms with Crippen LogP contribution in [0.3, 0.4) is 0 Å². The second-order valence-electron chi connectivity index (χ2n) is 12.2. The molecule has 0 radical (unpaired) electrons. The Balaban J connectivity index is 1.39. The lowest BCUT2D eigenvalue weighted by molar-refractivity contribution is 1.08. The Morgan fingerprint density at radius 1 is 0.391 bits per heavy atom. The second kappa shape index (κ2) is 8.68. The minimum absolute atomic E-state index is 0.720. The molecule has 0 unspecified atom stereocenters. The number of hydrogen-bond acceptors (Lipinski definition) is 2. The predicted octanol–water partition coefficient (Wildman–Crippen LogP) is 10.7. The van der Waals surface area contributed by atoms with Gasteiger partial charge in [0.2, 0.25) is 0 Å². The minimum atomic E-state index is 0.720. The molecule has 4 nitrogen and oxygen atoms in total. The molecule has 7 aromatic carbocycles. The van der Waals surface area contributed by atoms with Gasteiger partial charge in [0, 0.05) is 48.7 Å². The van der Waals surface area contributed by atoms with Crippen molar-refractivity contribution >= 4 is 81.6 Å². The fourth-order valence-corrected chi connectivity index (χ4v) is 7.95. The predicted molar refractivity (Wildman–Crippen MR) is 191 cm³/mol. The summed E-state index contributed by atoms with van der Waals surface area (Å²) in [4.78, 5) is 10.4. The van der Waals surface area contributed by atoms with Crippen molar-refractivity contribution in [1.29, 1.82) is 0 Å². The number of para-hydroxylation sites is 3. The van der Waals surface area contributed by atoms with Gasteiger partial charge < -0.3 is 4.40 Å². The standard InChI is InChI=1S/C42H24N4/c1-2-12-26(13-3-1)41-43-33-19-8-6-16-30(33)42(44-41)46-36-24-23-35-37(38(36)32-22-21-25-11-4-5-14-27(25)39(32)46)31-18-10-17-29-28-15-7-9-20-34(28)45(35)40(29)31/h1-24H. The van der Waals surface area contributed by atoms with Gasteiger partial charge in [-0.3, -0.25) is 4.57 Å². The van der Waals surface area contributed by atoms with E-state index in [1.165, 1.54) is 59.6 Å². The van der Waals surface area contributed by atoms with Crippen LogP contribution in [-0.2, 0) is 0 Å². The summed E-state index contributed by atoms with van der Waals surface area (Å²) in [6, 6.07) is 52.1. The molecule has 4 aromatic heterocycles. The highest BCUT2D eigenvalue weighted by Crippen LogP contribution is 2.46. The van der Waals surface area contributed by atoms with Crippen molar-refractivity contribution in [2.24, 2.45) is 0 Å². The van der Waals surface area contributed by atoms with Crippen LogP contribution in [0.4, 0.5) is 0 Å². The van der Waals surface area contributed by atoms with E-state index in [9.17, 15) is 0 Å². The lowest BCUT2D eigenvalue weighted by Crippen LogP contribution is -2.03. The first-order chi connectivity index (χ1) is 22.8. The molecule has 0 aliphatic heterocycles. The first-order valence-electron chi connectivity index (χ1n) is 15.7. The Kier molecular flexibility index (Phi) is 4.55. The summed E-state index contributed by atoms with van der Waals surface area (Å²) in [5, 5.41) is 11.0. The summed E-state index contributed by atoms with van der Waals surface area (Å²) >= 11 is 0. The maximum absolute atomic E-state index is 5.37. The Bertz CT molecular complexity index is 3020. The van der Waals surface area contributed by atoms with Gasteiger partial charge in [-0.1, -0.05) is 115 Å². The molecular formula is C42H24N4. The third kappa shape index (κ3) is 2.98. The van der Waals surface area contributed by atoms with Gasteiger partial charge in [0.05, 0.1) is 33.1 Å². The Labute approximate surface area is 262 Å². The highest BCUT2D eigenvalue weighted by atomic mass is 15.1. The average Bonchev–Trinajstić information content (AvgIpc) is 3.77. The van der Waals surface area contributed by atoms with Crippen LogP contribution >= 0.6 is 0 Å². The van der Waals surface area contributed by atoms with Crippen molar-refractivity contribution < 1.29 is 0 Å². The molecule has 11 rings (SSSR count). The Hall–Kier alpha value is -6.26. The third-order valence-corrected chi connectivity index (χ3v) is 9.83. The van der Waals surface area contributed by atoms with Crippen molar-refractivity contribution in [2.45, 2.75) is 0 Å². The first kappa shape index (κ1) is 24.1. The lowest BCUT2D eigenvalue weighted by Gasteiger charge is -2.13. The van der Waals surface area contributed by atoms with Crippen molar-refractivity contribution in [3.05, 3.63) is 146 Å². The van der Waals surface area contributed by atoms with E-state index >= 15 is 0 Å². The molecular weight excluding hydrogens is 560 g/mol.